The van der Waals surface area contributed by atoms with Crippen molar-refractivity contribution in [2.24, 2.45) is 0 Å². The molecule has 0 spiro atoms. The van der Waals surface area contributed by atoms with Gasteiger partial charge in [-0.05, 0) is 24.1 Å². The van der Waals surface area contributed by atoms with Crippen LogP contribution in [0.1, 0.15) is 39.1 Å². The van der Waals surface area contributed by atoms with Crippen LogP contribution in [0.25, 0.3) is 0 Å². The lowest BCUT2D eigenvalue weighted by Crippen LogP contribution is -2.55. The standard InChI is InChI=1S/C20H16N4O6/c21-14-3-1-2-13-17(14)20(28)23(18(13)26)15-8-9-16(25)22(19(15)27)10-11-4-6-12(7-5-11)24(29)30/h1-7,15H,8-10,21H2. The Hall–Kier alpha value is -4.08. The fraction of sp³-hybridized carbons (Fsp3) is 0.200. The molecule has 152 valence electrons. The zero-order valence-corrected chi connectivity index (χ0v) is 15.6. The van der Waals surface area contributed by atoms with Crippen LogP contribution in [-0.4, -0.2) is 44.4 Å². The number of carbonyl (C=O) groups excluding carboxylic acids is 4. The minimum absolute atomic E-state index is 0.0216. The average Bonchev–Trinajstić information content (AvgIpc) is 2.97. The number of nitrogens with two attached hydrogens (primary N) is 1. The number of nitro benzene ring substituents is 1. The van der Waals surface area contributed by atoms with Crippen LogP contribution >= 0.6 is 0 Å². The summed E-state index contributed by atoms with van der Waals surface area (Å²) in [6.45, 7) is -0.114. The van der Waals surface area contributed by atoms with Gasteiger partial charge in [0.1, 0.15) is 6.04 Å². The van der Waals surface area contributed by atoms with Crippen LogP contribution in [0.15, 0.2) is 42.5 Å². The molecule has 2 aromatic carbocycles. The first-order valence-electron chi connectivity index (χ1n) is 9.13. The van der Waals surface area contributed by atoms with Crippen LogP contribution in [0.5, 0.6) is 0 Å². The normalized spacial score (nSPS) is 18.7. The molecule has 2 aliphatic heterocycles. The van der Waals surface area contributed by atoms with E-state index in [0.717, 1.165) is 9.80 Å². The second kappa shape index (κ2) is 7.07. The van der Waals surface area contributed by atoms with E-state index in [4.69, 9.17) is 5.73 Å². The number of nitro groups is 1. The quantitative estimate of drug-likeness (QED) is 0.349. The van der Waals surface area contributed by atoms with Crippen molar-refractivity contribution in [1.82, 2.24) is 9.80 Å². The fourth-order valence-corrected chi connectivity index (χ4v) is 3.75. The number of amides is 4. The molecule has 0 aliphatic carbocycles. The van der Waals surface area contributed by atoms with Crippen molar-refractivity contribution in [3.05, 3.63) is 69.3 Å². The van der Waals surface area contributed by atoms with Gasteiger partial charge in [-0.15, -0.1) is 0 Å². The van der Waals surface area contributed by atoms with E-state index in [1.165, 1.54) is 36.4 Å². The third kappa shape index (κ3) is 2.98. The SMILES string of the molecule is Nc1cccc2c1C(=O)N(C1CCC(=O)N(Cc3ccc([N+](=O)[O-])cc3)C1=O)C2=O. The molecule has 0 aromatic heterocycles. The molecule has 4 rings (SSSR count). The number of nitrogen functional groups attached to an aromatic ring is 1. The van der Waals surface area contributed by atoms with E-state index in [1.54, 1.807) is 6.07 Å². The lowest BCUT2D eigenvalue weighted by atomic mass is 10.0. The third-order valence-corrected chi connectivity index (χ3v) is 5.26. The number of rotatable bonds is 4. The van der Waals surface area contributed by atoms with Crippen LogP contribution in [0.2, 0.25) is 0 Å². The molecule has 2 aromatic rings. The van der Waals surface area contributed by atoms with Crippen LogP contribution in [0, 0.1) is 10.1 Å². The Kier molecular flexibility index (Phi) is 4.53. The van der Waals surface area contributed by atoms with Crippen molar-refractivity contribution in [3.8, 4) is 0 Å². The molecule has 10 nitrogen and oxygen atoms in total. The van der Waals surface area contributed by atoms with Crippen molar-refractivity contribution >= 4 is 35.0 Å². The predicted octanol–water partition coefficient (Wildman–Crippen LogP) is 1.49. The summed E-state index contributed by atoms with van der Waals surface area (Å²) in [7, 11) is 0. The maximum atomic E-state index is 13.0. The van der Waals surface area contributed by atoms with Crippen molar-refractivity contribution in [1.29, 1.82) is 0 Å². The number of carbonyl (C=O) groups is 4. The smallest absolute Gasteiger partial charge is 0.269 e. The highest BCUT2D eigenvalue weighted by Gasteiger charge is 2.47. The van der Waals surface area contributed by atoms with Crippen molar-refractivity contribution in [3.63, 3.8) is 0 Å². The number of nitrogens with zero attached hydrogens (tertiary/aromatic N) is 3. The maximum Gasteiger partial charge on any atom is 0.269 e. The number of fused-ring (bicyclic) bond motifs is 1. The van der Waals surface area contributed by atoms with Gasteiger partial charge in [0.2, 0.25) is 5.91 Å². The van der Waals surface area contributed by atoms with E-state index in [9.17, 15) is 29.3 Å². The summed E-state index contributed by atoms with van der Waals surface area (Å²) >= 11 is 0. The number of piperidine rings is 1. The van der Waals surface area contributed by atoms with Gasteiger partial charge in [0.15, 0.2) is 0 Å². The molecule has 2 aliphatic rings. The zero-order valence-electron chi connectivity index (χ0n) is 15.6. The molecular formula is C20H16N4O6. The van der Waals surface area contributed by atoms with Crippen molar-refractivity contribution < 1.29 is 24.1 Å². The number of likely N-dealkylation sites (tertiary alicyclic amines) is 1. The second-order valence-electron chi connectivity index (χ2n) is 7.05. The topological polar surface area (TPSA) is 144 Å². The Morgan fingerprint density at radius 2 is 1.73 bits per heavy atom. The van der Waals surface area contributed by atoms with Gasteiger partial charge in [0.05, 0.1) is 22.6 Å². The van der Waals surface area contributed by atoms with Gasteiger partial charge in [-0.2, -0.15) is 0 Å². The summed E-state index contributed by atoms with van der Waals surface area (Å²) < 4.78 is 0. The predicted molar refractivity (Wildman–Crippen MR) is 103 cm³/mol. The van der Waals surface area contributed by atoms with Crippen LogP contribution in [0.3, 0.4) is 0 Å². The number of non-ortho nitro benzene ring substituents is 1. The second-order valence-corrected chi connectivity index (χ2v) is 7.05. The molecule has 10 heteroatoms. The Bertz CT molecular complexity index is 1110. The van der Waals surface area contributed by atoms with E-state index in [-0.39, 0.29) is 41.9 Å². The Balaban J connectivity index is 1.59. The highest BCUT2D eigenvalue weighted by Crippen LogP contribution is 2.32. The lowest BCUT2D eigenvalue weighted by molar-refractivity contribution is -0.384. The largest absolute Gasteiger partial charge is 0.398 e. The molecule has 1 saturated heterocycles. The summed E-state index contributed by atoms with van der Waals surface area (Å²) in [6, 6.07) is 8.86. The number of imide groups is 2. The molecular weight excluding hydrogens is 392 g/mol. The van der Waals surface area contributed by atoms with Gasteiger partial charge in [0, 0.05) is 24.2 Å². The Morgan fingerprint density at radius 1 is 1.03 bits per heavy atom. The molecule has 0 saturated carbocycles. The third-order valence-electron chi connectivity index (χ3n) is 5.26. The van der Waals surface area contributed by atoms with Crippen LogP contribution < -0.4 is 5.73 Å². The van der Waals surface area contributed by atoms with E-state index in [0.29, 0.717) is 5.56 Å². The number of anilines is 1. The highest BCUT2D eigenvalue weighted by molar-refractivity contribution is 6.25. The number of benzene rings is 2. The molecule has 1 fully saturated rings. The van der Waals surface area contributed by atoms with Gasteiger partial charge in [0.25, 0.3) is 23.4 Å². The summed E-state index contributed by atoms with van der Waals surface area (Å²) in [6.07, 6.45) is 0.00603. The van der Waals surface area contributed by atoms with E-state index in [2.05, 4.69) is 0 Å². The summed E-state index contributed by atoms with van der Waals surface area (Å²) in [5, 5.41) is 10.8. The fourth-order valence-electron chi connectivity index (χ4n) is 3.75. The van der Waals surface area contributed by atoms with E-state index in [1.807, 2.05) is 0 Å². The van der Waals surface area contributed by atoms with Crippen molar-refractivity contribution in [2.75, 3.05) is 5.73 Å². The lowest BCUT2D eigenvalue weighted by Gasteiger charge is -2.34. The van der Waals surface area contributed by atoms with Crippen LogP contribution in [0.4, 0.5) is 11.4 Å². The van der Waals surface area contributed by atoms with Gasteiger partial charge in [-0.25, -0.2) is 0 Å². The summed E-state index contributed by atoms with van der Waals surface area (Å²) in [5.41, 5.74) is 6.58. The summed E-state index contributed by atoms with van der Waals surface area (Å²) in [5.74, 6) is -2.38. The molecule has 30 heavy (non-hydrogen) atoms. The summed E-state index contributed by atoms with van der Waals surface area (Å²) in [4.78, 5) is 63.1. The monoisotopic (exact) mass is 408 g/mol. The van der Waals surface area contributed by atoms with E-state index < -0.39 is 34.6 Å². The van der Waals surface area contributed by atoms with Gasteiger partial charge in [-0.3, -0.25) is 39.1 Å². The Morgan fingerprint density at radius 3 is 2.37 bits per heavy atom. The minimum Gasteiger partial charge on any atom is -0.398 e. The molecule has 2 N–H and O–H groups in total. The Labute approximate surface area is 170 Å². The van der Waals surface area contributed by atoms with Crippen LogP contribution in [-0.2, 0) is 16.1 Å². The highest BCUT2D eigenvalue weighted by atomic mass is 16.6. The van der Waals surface area contributed by atoms with Gasteiger partial charge in [-0.1, -0.05) is 18.2 Å². The van der Waals surface area contributed by atoms with Gasteiger partial charge >= 0.3 is 0 Å². The average molecular weight is 408 g/mol. The number of hydrogen-bond donors (Lipinski definition) is 1. The molecule has 1 atom stereocenters. The first-order valence-corrected chi connectivity index (χ1v) is 9.13. The first-order chi connectivity index (χ1) is 14.3. The molecule has 0 bridgehead atoms. The minimum atomic E-state index is -1.12. The molecule has 0 radical (unpaired) electrons. The number of hydrogen-bond acceptors (Lipinski definition) is 7. The molecule has 1 unspecified atom stereocenters. The molecule has 4 amide bonds. The van der Waals surface area contributed by atoms with Gasteiger partial charge < -0.3 is 5.73 Å². The van der Waals surface area contributed by atoms with E-state index >= 15 is 0 Å². The first kappa shape index (κ1) is 19.2. The molecule has 2 heterocycles. The zero-order chi connectivity index (χ0) is 21.6. The maximum absolute atomic E-state index is 13.0. The van der Waals surface area contributed by atoms with Crippen molar-refractivity contribution in [2.45, 2.75) is 25.4 Å².